The second-order valence-electron chi connectivity index (χ2n) is 5.29. The first-order valence-electron chi connectivity index (χ1n) is 6.26. The molecule has 1 N–H and O–H groups in total. The van der Waals surface area contributed by atoms with Gasteiger partial charge in [-0.3, -0.25) is 10.2 Å². The highest BCUT2D eigenvalue weighted by Gasteiger charge is 2.15. The van der Waals surface area contributed by atoms with Crippen LogP contribution in [0.1, 0.15) is 40.5 Å². The van der Waals surface area contributed by atoms with Gasteiger partial charge in [0, 0.05) is 5.71 Å². The Kier molecular flexibility index (Phi) is 5.88. The Bertz CT molecular complexity index is 480. The van der Waals surface area contributed by atoms with Gasteiger partial charge < -0.3 is 4.74 Å². The molecule has 0 amide bonds. The molecule has 0 aliphatic carbocycles. The highest BCUT2D eigenvalue weighted by molar-refractivity contribution is 6.29. The van der Waals surface area contributed by atoms with Gasteiger partial charge in [0.05, 0.1) is 6.42 Å². The van der Waals surface area contributed by atoms with Crippen molar-refractivity contribution in [1.29, 1.82) is 0 Å². The van der Waals surface area contributed by atoms with E-state index in [-0.39, 0.29) is 5.97 Å². The fourth-order valence-electron chi connectivity index (χ4n) is 1.26. The number of carbonyl (C=O) groups is 1. The van der Waals surface area contributed by atoms with Crippen molar-refractivity contribution in [1.82, 2.24) is 10.2 Å². The lowest BCUT2D eigenvalue weighted by Gasteiger charge is -2.19. The van der Waals surface area contributed by atoms with Gasteiger partial charge in [0.1, 0.15) is 5.60 Å². The van der Waals surface area contributed by atoms with Gasteiger partial charge in [-0.1, -0.05) is 11.6 Å². The molecule has 0 aliphatic rings. The van der Waals surface area contributed by atoms with Crippen LogP contribution in [0.3, 0.4) is 0 Å². The minimum Gasteiger partial charge on any atom is -0.460 e. The Morgan fingerprint density at radius 1 is 1.35 bits per heavy atom. The molecule has 7 heteroatoms. The minimum absolute atomic E-state index is 0.238. The lowest BCUT2D eigenvalue weighted by Crippen LogP contribution is -2.24. The number of hydrogen-bond donors (Lipinski definition) is 1. The number of esters is 1. The van der Waals surface area contributed by atoms with Crippen molar-refractivity contribution in [3.05, 3.63) is 17.3 Å². The smallest absolute Gasteiger partial charge is 0.306 e. The Morgan fingerprint density at radius 3 is 2.60 bits per heavy atom. The minimum atomic E-state index is -0.459. The Balaban J connectivity index is 2.39. The number of hydrazone groups is 1. The van der Waals surface area contributed by atoms with Gasteiger partial charge in [-0.15, -0.1) is 10.2 Å². The molecule has 0 saturated heterocycles. The summed E-state index contributed by atoms with van der Waals surface area (Å²) in [6.45, 7) is 7.34. The number of halogens is 1. The molecule has 0 aliphatic heterocycles. The monoisotopic (exact) mass is 298 g/mol. The first-order chi connectivity index (χ1) is 9.26. The zero-order valence-electron chi connectivity index (χ0n) is 12.1. The van der Waals surface area contributed by atoms with E-state index in [4.69, 9.17) is 16.3 Å². The molecule has 1 heterocycles. The molecule has 0 radical (unpaired) electrons. The summed E-state index contributed by atoms with van der Waals surface area (Å²) in [6.07, 6.45) is 0.809. The molecule has 0 unspecified atom stereocenters. The van der Waals surface area contributed by atoms with Crippen molar-refractivity contribution in [2.24, 2.45) is 5.10 Å². The zero-order valence-corrected chi connectivity index (χ0v) is 12.9. The van der Waals surface area contributed by atoms with Crippen molar-refractivity contribution >= 4 is 29.1 Å². The van der Waals surface area contributed by atoms with E-state index in [1.165, 1.54) is 0 Å². The number of nitrogens with zero attached hydrogens (tertiary/aromatic N) is 3. The molecule has 0 aromatic carbocycles. The largest absolute Gasteiger partial charge is 0.460 e. The van der Waals surface area contributed by atoms with Crippen LogP contribution in [0.5, 0.6) is 0 Å². The highest BCUT2D eigenvalue weighted by atomic mass is 35.5. The van der Waals surface area contributed by atoms with Gasteiger partial charge in [-0.25, -0.2) is 0 Å². The molecule has 110 valence electrons. The van der Waals surface area contributed by atoms with Gasteiger partial charge >= 0.3 is 5.97 Å². The number of rotatable bonds is 5. The van der Waals surface area contributed by atoms with E-state index in [9.17, 15) is 4.79 Å². The molecule has 20 heavy (non-hydrogen) atoms. The fourth-order valence-corrected chi connectivity index (χ4v) is 1.36. The van der Waals surface area contributed by atoms with Crippen LogP contribution in [0.2, 0.25) is 5.15 Å². The maximum Gasteiger partial charge on any atom is 0.306 e. The SMILES string of the molecule is C/C(CCC(=O)OC(C)(C)C)=N/Nc1ccc(Cl)nn1. The fraction of sp³-hybridized carbons (Fsp3) is 0.538. The van der Waals surface area contributed by atoms with Crippen LogP contribution in [0, 0.1) is 0 Å². The number of ether oxygens (including phenoxy) is 1. The highest BCUT2D eigenvalue weighted by Crippen LogP contribution is 2.10. The predicted octanol–water partition coefficient (Wildman–Crippen LogP) is 3.04. The summed E-state index contributed by atoms with van der Waals surface area (Å²) in [7, 11) is 0. The van der Waals surface area contributed by atoms with Crippen LogP contribution in [-0.4, -0.2) is 27.5 Å². The third kappa shape index (κ3) is 7.04. The molecule has 1 aromatic heterocycles. The van der Waals surface area contributed by atoms with Crippen molar-refractivity contribution in [3.63, 3.8) is 0 Å². The first-order valence-corrected chi connectivity index (χ1v) is 6.64. The molecular formula is C13H19ClN4O2. The average Bonchev–Trinajstić information content (AvgIpc) is 2.33. The van der Waals surface area contributed by atoms with E-state index in [2.05, 4.69) is 20.7 Å². The number of aromatic nitrogens is 2. The number of nitrogens with one attached hydrogen (secondary N) is 1. The summed E-state index contributed by atoms with van der Waals surface area (Å²) >= 11 is 5.62. The van der Waals surface area contributed by atoms with E-state index < -0.39 is 5.60 Å². The van der Waals surface area contributed by atoms with Crippen molar-refractivity contribution < 1.29 is 9.53 Å². The van der Waals surface area contributed by atoms with Gasteiger partial charge in [-0.05, 0) is 46.2 Å². The molecule has 6 nitrogen and oxygen atoms in total. The maximum absolute atomic E-state index is 11.5. The summed E-state index contributed by atoms with van der Waals surface area (Å²) < 4.78 is 5.21. The summed E-state index contributed by atoms with van der Waals surface area (Å²) in [4.78, 5) is 11.5. The normalized spacial score (nSPS) is 12.2. The van der Waals surface area contributed by atoms with Crippen LogP contribution in [0.4, 0.5) is 5.82 Å². The van der Waals surface area contributed by atoms with Crippen LogP contribution < -0.4 is 5.43 Å². The van der Waals surface area contributed by atoms with Crippen molar-refractivity contribution in [2.45, 2.75) is 46.1 Å². The topological polar surface area (TPSA) is 76.5 Å². The summed E-state index contributed by atoms with van der Waals surface area (Å²) in [6, 6.07) is 3.28. The molecule has 1 aromatic rings. The summed E-state index contributed by atoms with van der Waals surface area (Å²) in [5.41, 5.74) is 3.06. The van der Waals surface area contributed by atoms with Crippen molar-refractivity contribution in [2.75, 3.05) is 5.43 Å². The van der Waals surface area contributed by atoms with Gasteiger partial charge in [-0.2, -0.15) is 5.10 Å². The molecule has 0 atom stereocenters. The molecule has 0 spiro atoms. The summed E-state index contributed by atoms with van der Waals surface area (Å²) in [5.74, 6) is 0.254. The van der Waals surface area contributed by atoms with Gasteiger partial charge in [0.25, 0.3) is 0 Å². The number of carbonyl (C=O) groups excluding carboxylic acids is 1. The van der Waals surface area contributed by atoms with E-state index in [1.54, 1.807) is 12.1 Å². The quantitative estimate of drug-likeness (QED) is 0.513. The molecular weight excluding hydrogens is 280 g/mol. The van der Waals surface area contributed by atoms with Crippen LogP contribution in [0.25, 0.3) is 0 Å². The Hall–Kier alpha value is -1.69. The standard InChI is InChI=1S/C13H19ClN4O2/c1-9(5-8-12(19)20-13(2,3)4)15-17-11-7-6-10(14)16-18-11/h6-7H,5,8H2,1-4H3,(H,17,18)/b15-9-. The second-order valence-corrected chi connectivity index (χ2v) is 5.67. The second kappa shape index (κ2) is 7.19. The Labute approximate surface area is 123 Å². The maximum atomic E-state index is 11.5. The van der Waals surface area contributed by atoms with Crippen LogP contribution in [-0.2, 0) is 9.53 Å². The summed E-state index contributed by atoms with van der Waals surface area (Å²) in [5, 5.41) is 11.9. The van der Waals surface area contributed by atoms with E-state index in [1.807, 2.05) is 27.7 Å². The van der Waals surface area contributed by atoms with Gasteiger partial charge in [0.2, 0.25) is 0 Å². The molecule has 0 fully saturated rings. The van der Waals surface area contributed by atoms with E-state index in [0.29, 0.717) is 23.8 Å². The molecule has 1 rings (SSSR count). The lowest BCUT2D eigenvalue weighted by atomic mass is 10.2. The molecule has 0 saturated carbocycles. The Morgan fingerprint density at radius 2 is 2.05 bits per heavy atom. The van der Waals surface area contributed by atoms with Crippen LogP contribution in [0.15, 0.2) is 17.2 Å². The third-order valence-electron chi connectivity index (χ3n) is 2.10. The van der Waals surface area contributed by atoms with E-state index in [0.717, 1.165) is 5.71 Å². The van der Waals surface area contributed by atoms with Gasteiger partial charge in [0.15, 0.2) is 11.0 Å². The first kappa shape index (κ1) is 16.4. The van der Waals surface area contributed by atoms with Crippen LogP contribution >= 0.6 is 11.6 Å². The van der Waals surface area contributed by atoms with E-state index >= 15 is 0 Å². The molecule has 0 bridgehead atoms. The predicted molar refractivity (Wildman–Crippen MR) is 78.9 cm³/mol. The zero-order chi connectivity index (χ0) is 15.2. The number of anilines is 1. The van der Waals surface area contributed by atoms with Crippen molar-refractivity contribution in [3.8, 4) is 0 Å². The average molecular weight is 299 g/mol. The number of hydrogen-bond acceptors (Lipinski definition) is 6. The third-order valence-corrected chi connectivity index (χ3v) is 2.31. The lowest BCUT2D eigenvalue weighted by molar-refractivity contribution is -0.154.